The monoisotopic (exact) mass is 378 g/mol. The molecule has 1 N–H and O–H groups in total. The van der Waals surface area contributed by atoms with Crippen molar-refractivity contribution in [1.82, 2.24) is 0 Å². The van der Waals surface area contributed by atoms with E-state index in [4.69, 9.17) is 18.4 Å². The SMILES string of the molecule is C=C(COCC(F)(F)S(=O)(=O)O)C(=O)Oc1c2c3oc1cc3C(=O)O2. The number of carbonyl (C=O) groups is 2. The summed E-state index contributed by atoms with van der Waals surface area (Å²) < 4.78 is 74.4. The van der Waals surface area contributed by atoms with Crippen molar-refractivity contribution in [2.24, 2.45) is 0 Å². The van der Waals surface area contributed by atoms with E-state index in [1.165, 1.54) is 6.07 Å². The number of furan rings is 2. The Morgan fingerprint density at radius 2 is 2.08 bits per heavy atom. The quantitative estimate of drug-likeness (QED) is 0.328. The summed E-state index contributed by atoms with van der Waals surface area (Å²) in [5.41, 5.74) is -0.0381. The van der Waals surface area contributed by atoms with Gasteiger partial charge in [0.2, 0.25) is 11.5 Å². The van der Waals surface area contributed by atoms with Gasteiger partial charge in [0.1, 0.15) is 12.2 Å². The molecule has 2 aromatic rings. The molecule has 0 unspecified atom stereocenters. The Labute approximate surface area is 137 Å². The van der Waals surface area contributed by atoms with Crippen LogP contribution in [0.2, 0.25) is 0 Å². The fourth-order valence-electron chi connectivity index (χ4n) is 1.97. The minimum absolute atomic E-state index is 0.0718. The molecule has 1 aliphatic rings. The maximum absolute atomic E-state index is 13.0. The Hall–Kier alpha value is -2.57. The van der Waals surface area contributed by atoms with Gasteiger partial charge >= 0.3 is 27.3 Å². The third-order valence-electron chi connectivity index (χ3n) is 3.19. The topological polar surface area (TPSA) is 129 Å². The van der Waals surface area contributed by atoms with Gasteiger partial charge in [0.25, 0.3) is 0 Å². The van der Waals surface area contributed by atoms with Gasteiger partial charge in [-0.15, -0.1) is 0 Å². The minimum Gasteiger partial charge on any atom is -0.448 e. The summed E-state index contributed by atoms with van der Waals surface area (Å²) in [6.45, 7) is 0.780. The van der Waals surface area contributed by atoms with Crippen molar-refractivity contribution in [3.63, 3.8) is 0 Å². The molecule has 0 saturated carbocycles. The van der Waals surface area contributed by atoms with E-state index in [2.05, 4.69) is 11.3 Å². The van der Waals surface area contributed by atoms with Crippen molar-refractivity contribution in [1.29, 1.82) is 0 Å². The highest BCUT2D eigenvalue weighted by atomic mass is 32.2. The van der Waals surface area contributed by atoms with Crippen LogP contribution in [0.3, 0.4) is 0 Å². The van der Waals surface area contributed by atoms with Crippen molar-refractivity contribution in [2.75, 3.05) is 13.2 Å². The first-order valence-corrected chi connectivity index (χ1v) is 7.89. The van der Waals surface area contributed by atoms with Crippen molar-refractivity contribution >= 4 is 33.2 Å². The first-order valence-electron chi connectivity index (χ1n) is 6.45. The van der Waals surface area contributed by atoms with Gasteiger partial charge in [0, 0.05) is 6.07 Å². The predicted molar refractivity (Wildman–Crippen MR) is 74.4 cm³/mol. The molecule has 2 aromatic heterocycles. The Balaban J connectivity index is 1.59. The summed E-state index contributed by atoms with van der Waals surface area (Å²) in [5.74, 6) is -2.00. The fraction of sp³-hybridized carbons (Fsp3) is 0.231. The van der Waals surface area contributed by atoms with Crippen molar-refractivity contribution in [3.8, 4) is 11.5 Å². The number of benzene rings is 1. The first kappa shape index (κ1) is 17.3. The van der Waals surface area contributed by atoms with E-state index < -0.39 is 46.1 Å². The van der Waals surface area contributed by atoms with Crippen LogP contribution in [0.25, 0.3) is 11.2 Å². The largest absolute Gasteiger partial charge is 0.448 e. The van der Waals surface area contributed by atoms with E-state index in [9.17, 15) is 26.8 Å². The van der Waals surface area contributed by atoms with Gasteiger partial charge in [-0.1, -0.05) is 6.58 Å². The number of rotatable bonds is 7. The van der Waals surface area contributed by atoms with E-state index in [1.807, 2.05) is 0 Å². The normalized spacial score (nSPS) is 14.1. The summed E-state index contributed by atoms with van der Waals surface area (Å²) in [6, 6.07) is 1.31. The lowest BCUT2D eigenvalue weighted by Gasteiger charge is -2.13. The molecular formula is C13H8F2O9S. The van der Waals surface area contributed by atoms with Crippen LogP contribution < -0.4 is 9.47 Å². The standard InChI is InChI=1S/C13H8F2O9S/c1-5(3-21-4-13(14,15)25(18,19)20)11(16)23-9-7-2-6-8(22-7)10(9)24-12(6)17/h2H,1,3-4H2,(H,18,19,20). The molecule has 25 heavy (non-hydrogen) atoms. The third kappa shape index (κ3) is 2.83. The van der Waals surface area contributed by atoms with Gasteiger partial charge in [-0.05, 0) is 0 Å². The van der Waals surface area contributed by atoms with Crippen LogP contribution in [0.15, 0.2) is 22.6 Å². The molecule has 1 aliphatic heterocycles. The minimum atomic E-state index is -5.65. The lowest BCUT2D eigenvalue weighted by molar-refractivity contribution is -0.131. The zero-order valence-electron chi connectivity index (χ0n) is 12.1. The Morgan fingerprint density at radius 3 is 2.72 bits per heavy atom. The number of ether oxygens (including phenoxy) is 3. The van der Waals surface area contributed by atoms with E-state index in [-0.39, 0.29) is 28.2 Å². The van der Waals surface area contributed by atoms with Gasteiger partial charge in [-0.2, -0.15) is 17.2 Å². The molecule has 0 atom stereocenters. The molecule has 0 aliphatic carbocycles. The maximum Gasteiger partial charge on any atom is 0.392 e. The molecule has 0 amide bonds. The Bertz CT molecular complexity index is 989. The summed E-state index contributed by atoms with van der Waals surface area (Å²) in [4.78, 5) is 23.3. The van der Waals surface area contributed by atoms with Crippen molar-refractivity contribution in [3.05, 3.63) is 23.8 Å². The van der Waals surface area contributed by atoms with Gasteiger partial charge < -0.3 is 18.6 Å². The Morgan fingerprint density at radius 1 is 1.40 bits per heavy atom. The van der Waals surface area contributed by atoms with E-state index in [1.54, 1.807) is 0 Å². The highest BCUT2D eigenvalue weighted by Crippen LogP contribution is 2.49. The van der Waals surface area contributed by atoms with Crippen molar-refractivity contribution < 1.29 is 50.0 Å². The molecule has 0 radical (unpaired) electrons. The second kappa shape index (κ2) is 5.47. The summed E-state index contributed by atoms with van der Waals surface area (Å²) in [5, 5.41) is -4.54. The number of fused-ring (bicyclic) bond motifs is 1. The summed E-state index contributed by atoms with van der Waals surface area (Å²) in [6.07, 6.45) is 0. The third-order valence-corrected chi connectivity index (χ3v) is 4.06. The highest BCUT2D eigenvalue weighted by Gasteiger charge is 2.44. The number of alkyl halides is 2. The molecule has 2 bridgehead atoms. The molecule has 134 valence electrons. The number of esters is 2. The van der Waals surface area contributed by atoms with Gasteiger partial charge in [0.15, 0.2) is 11.2 Å². The van der Waals surface area contributed by atoms with Crippen molar-refractivity contribution in [2.45, 2.75) is 5.25 Å². The Kier molecular flexibility index (Phi) is 3.78. The molecule has 3 heterocycles. The van der Waals surface area contributed by atoms with Crippen LogP contribution in [0, 0.1) is 0 Å². The number of hydrogen-bond donors (Lipinski definition) is 1. The van der Waals surface area contributed by atoms with Crippen LogP contribution in [0.1, 0.15) is 10.4 Å². The van der Waals surface area contributed by atoms with E-state index in [0.29, 0.717) is 0 Å². The first-order chi connectivity index (χ1) is 11.5. The van der Waals surface area contributed by atoms with Gasteiger partial charge in [0.05, 0.1) is 12.2 Å². The molecular weight excluding hydrogens is 370 g/mol. The maximum atomic E-state index is 13.0. The second-order valence-electron chi connectivity index (χ2n) is 5.00. The summed E-state index contributed by atoms with van der Waals surface area (Å²) >= 11 is 0. The smallest absolute Gasteiger partial charge is 0.392 e. The molecule has 0 spiro atoms. The average Bonchev–Trinajstić information content (AvgIpc) is 3.10. The molecule has 9 nitrogen and oxygen atoms in total. The van der Waals surface area contributed by atoms with Crippen LogP contribution in [-0.4, -0.2) is 43.4 Å². The average molecular weight is 378 g/mol. The number of hydrogen-bond acceptors (Lipinski definition) is 8. The van der Waals surface area contributed by atoms with Crippen LogP contribution in [-0.2, 0) is 19.6 Å². The lowest BCUT2D eigenvalue weighted by Crippen LogP contribution is -2.34. The zero-order valence-corrected chi connectivity index (χ0v) is 12.9. The zero-order chi connectivity index (χ0) is 18.6. The second-order valence-corrected chi connectivity index (χ2v) is 6.55. The van der Waals surface area contributed by atoms with Gasteiger partial charge in [-0.3, -0.25) is 4.55 Å². The number of carbonyl (C=O) groups excluding carboxylic acids is 2. The molecule has 0 fully saturated rings. The van der Waals surface area contributed by atoms with Gasteiger partial charge in [-0.25, -0.2) is 9.59 Å². The lowest BCUT2D eigenvalue weighted by atomic mass is 10.2. The fourth-order valence-corrected chi connectivity index (χ4v) is 2.20. The van der Waals surface area contributed by atoms with Crippen LogP contribution in [0.4, 0.5) is 8.78 Å². The molecule has 12 heteroatoms. The van der Waals surface area contributed by atoms with Crippen LogP contribution in [0.5, 0.6) is 11.5 Å². The number of halogens is 2. The molecule has 3 rings (SSSR count). The van der Waals surface area contributed by atoms with Crippen LogP contribution >= 0.6 is 0 Å². The van der Waals surface area contributed by atoms with E-state index >= 15 is 0 Å². The van der Waals surface area contributed by atoms with E-state index in [0.717, 1.165) is 0 Å². The predicted octanol–water partition coefficient (Wildman–Crippen LogP) is 1.36. The highest BCUT2D eigenvalue weighted by molar-refractivity contribution is 7.86. The summed E-state index contributed by atoms with van der Waals surface area (Å²) in [7, 11) is -5.65. The molecule has 0 saturated heterocycles. The molecule has 0 aromatic carbocycles.